The Morgan fingerprint density at radius 1 is 1.09 bits per heavy atom. The van der Waals surface area contributed by atoms with Crippen LogP contribution < -0.4 is 0 Å². The highest BCUT2D eigenvalue weighted by molar-refractivity contribution is 8.05. The molecule has 0 saturated carbocycles. The van der Waals surface area contributed by atoms with Crippen LogP contribution in [0.3, 0.4) is 0 Å². The molecule has 1 atom stereocenters. The number of benzene rings is 2. The van der Waals surface area contributed by atoms with Gasteiger partial charge in [0.2, 0.25) is 0 Å². The molecule has 22 heavy (non-hydrogen) atoms. The Labute approximate surface area is 143 Å². The molecule has 2 aromatic carbocycles. The Hall–Kier alpha value is -1.10. The fourth-order valence-electron chi connectivity index (χ4n) is 2.22. The second-order valence-electron chi connectivity index (χ2n) is 5.20. The third kappa shape index (κ3) is 3.45. The number of fused-ring (bicyclic) bond motifs is 2. The minimum Gasteiger partial charge on any atom is -0.465 e. The van der Waals surface area contributed by atoms with Gasteiger partial charge >= 0.3 is 5.97 Å². The van der Waals surface area contributed by atoms with Crippen LogP contribution in [0.2, 0.25) is 5.02 Å². The van der Waals surface area contributed by atoms with Crippen molar-refractivity contribution >= 4 is 41.1 Å². The smallest absolute Gasteiger partial charge is 0.302 e. The van der Waals surface area contributed by atoms with E-state index in [1.807, 2.05) is 12.1 Å². The summed E-state index contributed by atoms with van der Waals surface area (Å²) in [6.45, 7) is 3.91. The van der Waals surface area contributed by atoms with Crippen LogP contribution in [0.5, 0.6) is 0 Å². The van der Waals surface area contributed by atoms with Crippen molar-refractivity contribution in [3.8, 4) is 0 Å². The Morgan fingerprint density at radius 2 is 1.73 bits per heavy atom. The topological polar surface area (TPSA) is 26.3 Å². The van der Waals surface area contributed by atoms with Crippen molar-refractivity contribution in [3.05, 3.63) is 47.0 Å². The highest BCUT2D eigenvalue weighted by Gasteiger charge is 2.19. The average molecular weight is 351 g/mol. The van der Waals surface area contributed by atoms with Crippen molar-refractivity contribution < 1.29 is 9.53 Å². The van der Waals surface area contributed by atoms with E-state index in [1.165, 1.54) is 32.1 Å². The third-order valence-electron chi connectivity index (χ3n) is 3.42. The molecule has 0 aromatic heterocycles. The summed E-state index contributed by atoms with van der Waals surface area (Å²) < 4.78 is 5.11. The monoisotopic (exact) mass is 350 g/mol. The van der Waals surface area contributed by atoms with Crippen LogP contribution in [-0.2, 0) is 9.53 Å². The maximum absolute atomic E-state index is 10.9. The summed E-state index contributed by atoms with van der Waals surface area (Å²) in [4.78, 5) is 15.8. The Bertz CT molecular complexity index is 731. The molecule has 0 spiro atoms. The molecule has 3 rings (SSSR count). The standard InChI is InChI=1S/C17H15ClO2S2/c1-10(9-20-11(2)19)12-3-5-14-16(7-12)22-17-8-13(18)4-6-15(17)21-14/h3-8,10H,9H2,1-2H3. The van der Waals surface area contributed by atoms with E-state index in [0.717, 1.165) is 5.02 Å². The van der Waals surface area contributed by atoms with Crippen molar-refractivity contribution in [1.82, 2.24) is 0 Å². The van der Waals surface area contributed by atoms with Crippen molar-refractivity contribution in [1.29, 1.82) is 0 Å². The van der Waals surface area contributed by atoms with Crippen LogP contribution in [0.25, 0.3) is 0 Å². The van der Waals surface area contributed by atoms with Gasteiger partial charge in [-0.2, -0.15) is 0 Å². The number of hydrogen-bond acceptors (Lipinski definition) is 4. The largest absolute Gasteiger partial charge is 0.465 e. The maximum Gasteiger partial charge on any atom is 0.302 e. The summed E-state index contributed by atoms with van der Waals surface area (Å²) in [5.41, 5.74) is 1.18. The molecule has 1 aliphatic heterocycles. The molecule has 0 N–H and O–H groups in total. The zero-order valence-electron chi connectivity index (χ0n) is 12.3. The average Bonchev–Trinajstić information content (AvgIpc) is 2.50. The van der Waals surface area contributed by atoms with Gasteiger partial charge in [-0.05, 0) is 35.9 Å². The number of esters is 1. The molecular formula is C17H15ClO2S2. The molecule has 0 saturated heterocycles. The van der Waals surface area contributed by atoms with E-state index in [2.05, 4.69) is 31.2 Å². The number of halogens is 1. The minimum atomic E-state index is -0.238. The molecule has 2 aromatic rings. The molecule has 0 bridgehead atoms. The summed E-state index contributed by atoms with van der Waals surface area (Å²) in [7, 11) is 0. The van der Waals surface area contributed by atoms with E-state index in [9.17, 15) is 4.79 Å². The van der Waals surface area contributed by atoms with Crippen molar-refractivity contribution in [2.45, 2.75) is 39.3 Å². The molecule has 114 valence electrons. The van der Waals surface area contributed by atoms with E-state index < -0.39 is 0 Å². The predicted molar refractivity (Wildman–Crippen MR) is 91.2 cm³/mol. The SMILES string of the molecule is CC(=O)OCC(C)c1ccc2c(c1)Sc1cc(Cl)ccc1S2. The molecule has 0 fully saturated rings. The fourth-order valence-corrected chi connectivity index (χ4v) is 4.74. The van der Waals surface area contributed by atoms with E-state index in [4.69, 9.17) is 16.3 Å². The summed E-state index contributed by atoms with van der Waals surface area (Å²) in [5.74, 6) is -0.0566. The zero-order chi connectivity index (χ0) is 15.7. The minimum absolute atomic E-state index is 0.181. The van der Waals surface area contributed by atoms with Crippen molar-refractivity contribution in [3.63, 3.8) is 0 Å². The number of carbonyl (C=O) groups excluding carboxylic acids is 1. The molecule has 1 heterocycles. The Morgan fingerprint density at radius 3 is 2.45 bits per heavy atom. The summed E-state index contributed by atoms with van der Waals surface area (Å²) in [6, 6.07) is 12.4. The summed E-state index contributed by atoms with van der Waals surface area (Å²) >= 11 is 9.59. The summed E-state index contributed by atoms with van der Waals surface area (Å²) in [6.07, 6.45) is 0. The zero-order valence-corrected chi connectivity index (χ0v) is 14.6. The molecule has 0 amide bonds. The first-order valence-corrected chi connectivity index (χ1v) is 8.96. The molecular weight excluding hydrogens is 336 g/mol. The van der Waals surface area contributed by atoms with Crippen LogP contribution >= 0.6 is 35.1 Å². The first kappa shape index (κ1) is 15.8. The molecule has 1 aliphatic rings. The molecule has 0 aliphatic carbocycles. The number of rotatable bonds is 3. The van der Waals surface area contributed by atoms with Crippen molar-refractivity contribution in [2.24, 2.45) is 0 Å². The van der Waals surface area contributed by atoms with Crippen LogP contribution in [0, 0.1) is 0 Å². The molecule has 0 radical (unpaired) electrons. The van der Waals surface area contributed by atoms with Gasteiger partial charge in [-0.25, -0.2) is 0 Å². The van der Waals surface area contributed by atoms with E-state index in [0.29, 0.717) is 6.61 Å². The van der Waals surface area contributed by atoms with Gasteiger partial charge in [-0.3, -0.25) is 4.79 Å². The second kappa shape index (κ2) is 6.57. The highest BCUT2D eigenvalue weighted by Crippen LogP contribution is 2.49. The van der Waals surface area contributed by atoms with Gasteiger partial charge in [-0.1, -0.05) is 48.1 Å². The second-order valence-corrected chi connectivity index (χ2v) is 7.81. The first-order chi connectivity index (χ1) is 10.5. The van der Waals surface area contributed by atoms with Gasteiger partial charge in [0.05, 0.1) is 6.61 Å². The van der Waals surface area contributed by atoms with Gasteiger partial charge < -0.3 is 4.74 Å². The molecule has 2 nitrogen and oxygen atoms in total. The first-order valence-electron chi connectivity index (χ1n) is 6.95. The van der Waals surface area contributed by atoms with Gasteiger partial charge in [-0.15, -0.1) is 0 Å². The van der Waals surface area contributed by atoms with Gasteiger partial charge in [0.15, 0.2) is 0 Å². The summed E-state index contributed by atoms with van der Waals surface area (Å²) in [5, 5.41) is 0.759. The van der Waals surface area contributed by atoms with Crippen LogP contribution in [0.1, 0.15) is 25.3 Å². The maximum atomic E-state index is 10.9. The van der Waals surface area contributed by atoms with E-state index in [-0.39, 0.29) is 11.9 Å². The lowest BCUT2D eigenvalue weighted by Gasteiger charge is -2.20. The number of carbonyl (C=O) groups is 1. The van der Waals surface area contributed by atoms with Crippen LogP contribution in [-0.4, -0.2) is 12.6 Å². The molecule has 1 unspecified atom stereocenters. The van der Waals surface area contributed by atoms with Gasteiger partial charge in [0, 0.05) is 37.4 Å². The lowest BCUT2D eigenvalue weighted by atomic mass is 10.0. The highest BCUT2D eigenvalue weighted by atomic mass is 35.5. The quantitative estimate of drug-likeness (QED) is 0.572. The van der Waals surface area contributed by atoms with Crippen LogP contribution in [0.4, 0.5) is 0 Å². The van der Waals surface area contributed by atoms with Gasteiger partial charge in [0.25, 0.3) is 0 Å². The van der Waals surface area contributed by atoms with E-state index >= 15 is 0 Å². The van der Waals surface area contributed by atoms with Crippen LogP contribution in [0.15, 0.2) is 56.0 Å². The number of ether oxygens (including phenoxy) is 1. The third-order valence-corrected chi connectivity index (χ3v) is 6.18. The lowest BCUT2D eigenvalue weighted by Crippen LogP contribution is -2.08. The lowest BCUT2D eigenvalue weighted by molar-refractivity contribution is -0.141. The Balaban J connectivity index is 1.83. The normalized spacial score (nSPS) is 14.0. The van der Waals surface area contributed by atoms with E-state index in [1.54, 1.807) is 23.5 Å². The van der Waals surface area contributed by atoms with Gasteiger partial charge in [0.1, 0.15) is 0 Å². The fraction of sp³-hybridized carbons (Fsp3) is 0.235. The predicted octanol–water partition coefficient (Wildman–Crippen LogP) is 5.62. The molecule has 5 heteroatoms. The Kier molecular flexibility index (Phi) is 4.71. The van der Waals surface area contributed by atoms with Crippen molar-refractivity contribution in [2.75, 3.05) is 6.61 Å². The number of hydrogen-bond donors (Lipinski definition) is 0.